The number of anilines is 1. The smallest absolute Gasteiger partial charge is 0.293 e. The fourth-order valence-corrected chi connectivity index (χ4v) is 4.72. The summed E-state index contributed by atoms with van der Waals surface area (Å²) < 4.78 is 43.5. The van der Waals surface area contributed by atoms with Crippen molar-refractivity contribution in [1.29, 1.82) is 0 Å². The SMILES string of the molecule is O=[N+]([O-])c1cc(S(=O)(=O)N2CCOCC2)ccc1NC[C@H]1COc2ccccc2O1. The lowest BCUT2D eigenvalue weighted by molar-refractivity contribution is -0.384. The number of nitro groups is 1. The predicted octanol–water partition coefficient (Wildman–Crippen LogP) is 1.87. The summed E-state index contributed by atoms with van der Waals surface area (Å²) in [6.07, 6.45) is -0.351. The number of nitrogens with one attached hydrogen (secondary N) is 1. The molecule has 0 aliphatic carbocycles. The Bertz CT molecular complexity index is 1040. The van der Waals surface area contributed by atoms with Gasteiger partial charge in [-0.2, -0.15) is 4.31 Å². The van der Waals surface area contributed by atoms with E-state index in [1.54, 1.807) is 12.1 Å². The van der Waals surface area contributed by atoms with Crippen LogP contribution in [-0.4, -0.2) is 63.2 Å². The predicted molar refractivity (Wildman–Crippen MR) is 108 cm³/mol. The van der Waals surface area contributed by atoms with Crippen molar-refractivity contribution in [2.75, 3.05) is 44.8 Å². The number of fused-ring (bicyclic) bond motifs is 1. The van der Waals surface area contributed by atoms with Gasteiger partial charge in [0.05, 0.1) is 29.6 Å². The molecule has 2 aliphatic rings. The zero-order valence-electron chi connectivity index (χ0n) is 16.0. The molecule has 1 atom stereocenters. The average Bonchev–Trinajstić information content (AvgIpc) is 2.78. The quantitative estimate of drug-likeness (QED) is 0.539. The van der Waals surface area contributed by atoms with Crippen molar-refractivity contribution in [2.45, 2.75) is 11.0 Å². The number of nitrogens with zero attached hydrogens (tertiary/aromatic N) is 2. The van der Waals surface area contributed by atoms with Crippen LogP contribution in [0, 0.1) is 10.1 Å². The number of morpholine rings is 1. The third kappa shape index (κ3) is 4.18. The van der Waals surface area contributed by atoms with Crippen LogP contribution in [0.1, 0.15) is 0 Å². The van der Waals surface area contributed by atoms with Crippen LogP contribution in [0.5, 0.6) is 11.5 Å². The van der Waals surface area contributed by atoms with Gasteiger partial charge in [-0.05, 0) is 24.3 Å². The molecule has 2 heterocycles. The van der Waals surface area contributed by atoms with Crippen LogP contribution in [0.15, 0.2) is 47.4 Å². The Morgan fingerprint density at radius 2 is 1.87 bits per heavy atom. The molecular weight excluding hydrogens is 414 g/mol. The van der Waals surface area contributed by atoms with Crippen molar-refractivity contribution in [3.63, 3.8) is 0 Å². The topological polar surface area (TPSA) is 120 Å². The van der Waals surface area contributed by atoms with E-state index < -0.39 is 14.9 Å². The molecule has 10 nitrogen and oxygen atoms in total. The van der Waals surface area contributed by atoms with Gasteiger partial charge in [-0.3, -0.25) is 10.1 Å². The van der Waals surface area contributed by atoms with Gasteiger partial charge in [-0.25, -0.2) is 8.42 Å². The Morgan fingerprint density at radius 1 is 1.13 bits per heavy atom. The van der Waals surface area contributed by atoms with Crippen LogP contribution in [0.4, 0.5) is 11.4 Å². The molecule has 1 N–H and O–H groups in total. The van der Waals surface area contributed by atoms with E-state index in [4.69, 9.17) is 14.2 Å². The highest BCUT2D eigenvalue weighted by Gasteiger charge is 2.29. The minimum atomic E-state index is -3.83. The first-order valence-corrected chi connectivity index (χ1v) is 10.9. The van der Waals surface area contributed by atoms with E-state index in [-0.39, 0.29) is 42.0 Å². The number of benzene rings is 2. The maximum atomic E-state index is 12.8. The number of sulfonamides is 1. The lowest BCUT2D eigenvalue weighted by Crippen LogP contribution is -2.40. The summed E-state index contributed by atoms with van der Waals surface area (Å²) in [6, 6.07) is 11.1. The molecule has 2 aliphatic heterocycles. The summed E-state index contributed by atoms with van der Waals surface area (Å²) in [4.78, 5) is 10.9. The first-order chi connectivity index (χ1) is 14.4. The molecule has 1 fully saturated rings. The Labute approximate surface area is 173 Å². The minimum Gasteiger partial charge on any atom is -0.486 e. The first-order valence-electron chi connectivity index (χ1n) is 9.44. The van der Waals surface area contributed by atoms with Gasteiger partial charge in [0.1, 0.15) is 18.4 Å². The average molecular weight is 435 g/mol. The summed E-state index contributed by atoms with van der Waals surface area (Å²) >= 11 is 0. The molecule has 30 heavy (non-hydrogen) atoms. The molecule has 2 aromatic rings. The summed E-state index contributed by atoms with van der Waals surface area (Å²) in [7, 11) is -3.83. The van der Waals surface area contributed by atoms with Gasteiger partial charge in [-0.1, -0.05) is 12.1 Å². The number of hydrogen-bond donors (Lipinski definition) is 1. The molecule has 0 unspecified atom stereocenters. The molecule has 0 spiro atoms. The molecule has 4 rings (SSSR count). The van der Waals surface area contributed by atoms with Crippen LogP contribution in [0.25, 0.3) is 0 Å². The molecule has 2 aromatic carbocycles. The van der Waals surface area contributed by atoms with E-state index >= 15 is 0 Å². The van der Waals surface area contributed by atoms with Crippen molar-refractivity contribution in [1.82, 2.24) is 4.31 Å². The highest BCUT2D eigenvalue weighted by atomic mass is 32.2. The Balaban J connectivity index is 1.49. The van der Waals surface area contributed by atoms with Gasteiger partial charge in [0.2, 0.25) is 10.0 Å². The maximum absolute atomic E-state index is 12.8. The van der Waals surface area contributed by atoms with Gasteiger partial charge in [0, 0.05) is 19.2 Å². The van der Waals surface area contributed by atoms with Crippen molar-refractivity contribution in [3.05, 3.63) is 52.6 Å². The van der Waals surface area contributed by atoms with Gasteiger partial charge in [0.25, 0.3) is 5.69 Å². The van der Waals surface area contributed by atoms with Gasteiger partial charge < -0.3 is 19.5 Å². The van der Waals surface area contributed by atoms with Crippen LogP contribution in [-0.2, 0) is 14.8 Å². The standard InChI is InChI=1S/C19H21N3O7S/c23-22(24)17-11-15(30(25,26)21-7-9-27-10-8-21)5-6-16(17)20-12-14-13-28-18-3-1-2-4-19(18)29-14/h1-6,11,14,20H,7-10,12-13H2/t14-/m0/s1. The molecule has 160 valence electrons. The van der Waals surface area contributed by atoms with Crippen molar-refractivity contribution in [3.8, 4) is 11.5 Å². The maximum Gasteiger partial charge on any atom is 0.293 e. The number of para-hydroxylation sites is 2. The summed E-state index contributed by atoms with van der Waals surface area (Å²) in [6.45, 7) is 1.58. The Hall–Kier alpha value is -2.89. The van der Waals surface area contributed by atoms with E-state index in [1.807, 2.05) is 12.1 Å². The summed E-state index contributed by atoms with van der Waals surface area (Å²) in [5.41, 5.74) is -0.107. The lowest BCUT2D eigenvalue weighted by Gasteiger charge is -2.27. The zero-order valence-corrected chi connectivity index (χ0v) is 16.8. The number of ether oxygens (including phenoxy) is 3. The third-order valence-electron chi connectivity index (χ3n) is 4.86. The van der Waals surface area contributed by atoms with Crippen LogP contribution in [0.3, 0.4) is 0 Å². The highest BCUT2D eigenvalue weighted by Crippen LogP contribution is 2.32. The van der Waals surface area contributed by atoms with Crippen LogP contribution >= 0.6 is 0 Å². The van der Waals surface area contributed by atoms with Crippen LogP contribution in [0.2, 0.25) is 0 Å². The molecule has 0 bridgehead atoms. The monoisotopic (exact) mass is 435 g/mol. The molecule has 0 aromatic heterocycles. The fourth-order valence-electron chi connectivity index (χ4n) is 3.30. The van der Waals surface area contributed by atoms with Gasteiger partial charge >= 0.3 is 0 Å². The molecule has 1 saturated heterocycles. The second-order valence-electron chi connectivity index (χ2n) is 6.83. The zero-order chi connectivity index (χ0) is 21.1. The first kappa shape index (κ1) is 20.4. The van der Waals surface area contributed by atoms with E-state index in [0.717, 1.165) is 6.07 Å². The van der Waals surface area contributed by atoms with E-state index in [1.165, 1.54) is 16.4 Å². The number of rotatable bonds is 6. The Kier molecular flexibility index (Phi) is 5.75. The molecule has 0 amide bonds. The summed E-state index contributed by atoms with van der Waals surface area (Å²) in [5, 5.41) is 14.6. The van der Waals surface area contributed by atoms with Crippen molar-refractivity contribution in [2.24, 2.45) is 0 Å². The molecule has 11 heteroatoms. The summed E-state index contributed by atoms with van der Waals surface area (Å²) in [5.74, 6) is 1.26. The van der Waals surface area contributed by atoms with E-state index in [9.17, 15) is 18.5 Å². The van der Waals surface area contributed by atoms with Crippen LogP contribution < -0.4 is 14.8 Å². The Morgan fingerprint density at radius 3 is 2.60 bits per heavy atom. The largest absolute Gasteiger partial charge is 0.486 e. The van der Waals surface area contributed by atoms with E-state index in [2.05, 4.69) is 5.32 Å². The van der Waals surface area contributed by atoms with E-state index in [0.29, 0.717) is 31.3 Å². The third-order valence-corrected chi connectivity index (χ3v) is 6.76. The molecule has 0 saturated carbocycles. The molecule has 0 radical (unpaired) electrons. The van der Waals surface area contributed by atoms with Gasteiger partial charge in [-0.15, -0.1) is 0 Å². The second kappa shape index (κ2) is 8.46. The number of nitro benzene ring substituents is 1. The van der Waals surface area contributed by atoms with Gasteiger partial charge in [0.15, 0.2) is 11.5 Å². The lowest BCUT2D eigenvalue weighted by atomic mass is 10.2. The van der Waals surface area contributed by atoms with Crippen molar-refractivity contribution < 1.29 is 27.6 Å². The fraction of sp³-hybridized carbons (Fsp3) is 0.368. The minimum absolute atomic E-state index is 0.118. The van der Waals surface area contributed by atoms with Crippen molar-refractivity contribution >= 4 is 21.4 Å². The number of hydrogen-bond acceptors (Lipinski definition) is 8. The second-order valence-corrected chi connectivity index (χ2v) is 8.77. The normalized spacial score (nSPS) is 19.3. The molecular formula is C19H21N3O7S. The highest BCUT2D eigenvalue weighted by molar-refractivity contribution is 7.89.